The maximum atomic E-state index is 14.7. The number of H-pyrrole nitrogens is 1. The van der Waals surface area contributed by atoms with Crippen molar-refractivity contribution in [2.75, 3.05) is 6.61 Å². The minimum atomic E-state index is -0.977. The van der Waals surface area contributed by atoms with E-state index in [4.69, 9.17) is 9.47 Å². The lowest BCUT2D eigenvalue weighted by molar-refractivity contribution is -0.151. The summed E-state index contributed by atoms with van der Waals surface area (Å²) in [5, 5.41) is 10.3. The fourth-order valence-electron chi connectivity index (χ4n) is 3.91. The average molecular weight is 468 g/mol. The first-order chi connectivity index (χ1) is 16.2. The maximum Gasteiger partial charge on any atom is 0.330 e. The summed E-state index contributed by atoms with van der Waals surface area (Å²) in [6.07, 6.45) is -1.18. The van der Waals surface area contributed by atoms with Crippen LogP contribution in [0.1, 0.15) is 36.6 Å². The first-order valence-electron chi connectivity index (χ1n) is 10.9. The van der Waals surface area contributed by atoms with Crippen LogP contribution in [0.4, 0.5) is 4.39 Å². The number of hydrogen-bond acceptors (Lipinski definition) is 6. The number of carbonyl (C=O) groups is 1. The lowest BCUT2D eigenvalue weighted by Crippen LogP contribution is -2.33. The van der Waals surface area contributed by atoms with E-state index < -0.39 is 47.4 Å². The molecule has 0 bridgehead atoms. The average Bonchev–Trinajstić information content (AvgIpc) is 3.19. The zero-order chi connectivity index (χ0) is 24.4. The Morgan fingerprint density at radius 3 is 2.71 bits per heavy atom. The number of hydrogen-bond donors (Lipinski definition) is 2. The molecule has 178 valence electrons. The van der Waals surface area contributed by atoms with Crippen molar-refractivity contribution in [3.63, 3.8) is 0 Å². The molecule has 0 spiro atoms. The number of aromatic amines is 1. The molecule has 9 heteroatoms. The molecule has 0 radical (unpaired) electrons. The molecular weight excluding hydrogens is 443 g/mol. The number of benzene rings is 2. The lowest BCUT2D eigenvalue weighted by Gasteiger charge is -2.18. The molecule has 0 amide bonds. The summed E-state index contributed by atoms with van der Waals surface area (Å²) < 4.78 is 26.9. The van der Waals surface area contributed by atoms with Crippen LogP contribution in [0.25, 0.3) is 11.1 Å². The summed E-state index contributed by atoms with van der Waals surface area (Å²) in [6.45, 7) is 2.93. The molecule has 4 rings (SSSR count). The van der Waals surface area contributed by atoms with E-state index in [0.717, 1.165) is 5.56 Å². The second kappa shape index (κ2) is 9.74. The van der Waals surface area contributed by atoms with Crippen LogP contribution in [0.5, 0.6) is 0 Å². The van der Waals surface area contributed by atoms with Crippen molar-refractivity contribution in [1.82, 2.24) is 9.55 Å². The number of nitrogens with zero attached hydrogens (tertiary/aromatic N) is 1. The van der Waals surface area contributed by atoms with Crippen LogP contribution < -0.4 is 11.2 Å². The van der Waals surface area contributed by atoms with Gasteiger partial charge < -0.3 is 14.6 Å². The van der Waals surface area contributed by atoms with Crippen LogP contribution in [0.15, 0.2) is 64.3 Å². The number of aryl methyl sites for hydroxylation is 1. The van der Waals surface area contributed by atoms with Crippen molar-refractivity contribution >= 4 is 5.97 Å². The molecular formula is C25H25FN2O6. The van der Waals surface area contributed by atoms with Gasteiger partial charge in [0, 0.05) is 23.7 Å². The maximum absolute atomic E-state index is 14.7. The van der Waals surface area contributed by atoms with E-state index in [1.54, 1.807) is 38.1 Å². The van der Waals surface area contributed by atoms with Crippen molar-refractivity contribution in [3.8, 4) is 11.1 Å². The lowest BCUT2D eigenvalue weighted by atomic mass is 9.97. The minimum Gasteiger partial charge on any atom is -0.462 e. The number of ether oxygens (including phenoxy) is 2. The van der Waals surface area contributed by atoms with Crippen LogP contribution in [0.2, 0.25) is 0 Å². The Bertz CT molecular complexity index is 1300. The number of aliphatic hydroxyl groups excluding tert-OH is 1. The number of rotatable bonds is 6. The highest BCUT2D eigenvalue weighted by Crippen LogP contribution is 2.29. The van der Waals surface area contributed by atoms with Crippen molar-refractivity contribution in [2.24, 2.45) is 0 Å². The van der Waals surface area contributed by atoms with Gasteiger partial charge in [-0.05, 0) is 31.0 Å². The summed E-state index contributed by atoms with van der Waals surface area (Å²) in [5.41, 5.74) is 0.814. The van der Waals surface area contributed by atoms with Gasteiger partial charge in [0.1, 0.15) is 24.8 Å². The quantitative estimate of drug-likeness (QED) is 0.538. The Hall–Kier alpha value is -3.56. The molecule has 1 saturated heterocycles. The molecule has 2 heterocycles. The third-order valence-electron chi connectivity index (χ3n) is 5.98. The van der Waals surface area contributed by atoms with Gasteiger partial charge in [-0.15, -0.1) is 0 Å². The van der Waals surface area contributed by atoms with Crippen molar-refractivity contribution in [1.29, 1.82) is 0 Å². The molecule has 2 N–H and O–H groups in total. The standard InChI is InChI=1S/C25H25FN2O6/c1-14-12-28(25(32)27-23(14)30)22-11-20(29)21(34-22)13-33-24(31)15(2)17-8-9-18(19(26)10-17)16-6-4-3-5-7-16/h3-10,12,15,20-22,29H,11,13H2,1-2H3,(H,27,30,32)/t15-,20+,21-,22-/m1/s1. The first kappa shape index (κ1) is 23.6. The first-order valence-corrected chi connectivity index (χ1v) is 10.9. The zero-order valence-corrected chi connectivity index (χ0v) is 18.7. The summed E-state index contributed by atoms with van der Waals surface area (Å²) in [7, 11) is 0. The highest BCUT2D eigenvalue weighted by atomic mass is 19.1. The minimum absolute atomic E-state index is 0.0926. The van der Waals surface area contributed by atoms with E-state index in [1.807, 2.05) is 18.2 Å². The van der Waals surface area contributed by atoms with Gasteiger partial charge in [-0.2, -0.15) is 0 Å². The molecule has 0 aliphatic carbocycles. The number of aliphatic hydroxyl groups is 1. The Labute approximate surface area is 194 Å². The summed E-state index contributed by atoms with van der Waals surface area (Å²) in [4.78, 5) is 38.4. The summed E-state index contributed by atoms with van der Waals surface area (Å²) >= 11 is 0. The molecule has 34 heavy (non-hydrogen) atoms. The molecule has 3 aromatic rings. The monoisotopic (exact) mass is 468 g/mol. The molecule has 1 aliphatic heterocycles. The third-order valence-corrected chi connectivity index (χ3v) is 5.98. The van der Waals surface area contributed by atoms with E-state index in [0.29, 0.717) is 16.7 Å². The van der Waals surface area contributed by atoms with Crippen LogP contribution in [-0.4, -0.2) is 39.4 Å². The third kappa shape index (κ3) is 4.85. The Balaban J connectivity index is 1.39. The van der Waals surface area contributed by atoms with Gasteiger partial charge >= 0.3 is 11.7 Å². The highest BCUT2D eigenvalue weighted by Gasteiger charge is 2.36. The molecule has 1 fully saturated rings. The fraction of sp³-hybridized carbons (Fsp3) is 0.320. The highest BCUT2D eigenvalue weighted by molar-refractivity contribution is 5.78. The molecule has 1 aliphatic rings. The Kier molecular flexibility index (Phi) is 6.76. The van der Waals surface area contributed by atoms with Gasteiger partial charge in [-0.25, -0.2) is 9.18 Å². The molecule has 1 aromatic heterocycles. The number of carbonyl (C=O) groups excluding carboxylic acids is 1. The molecule has 4 atom stereocenters. The second-order valence-corrected chi connectivity index (χ2v) is 8.37. The van der Waals surface area contributed by atoms with E-state index in [9.17, 15) is 23.9 Å². The Morgan fingerprint density at radius 1 is 1.26 bits per heavy atom. The van der Waals surface area contributed by atoms with Crippen LogP contribution in [0, 0.1) is 12.7 Å². The van der Waals surface area contributed by atoms with Gasteiger partial charge in [0.05, 0.1) is 12.0 Å². The fourth-order valence-corrected chi connectivity index (χ4v) is 3.91. The van der Waals surface area contributed by atoms with Gasteiger partial charge in [0.2, 0.25) is 0 Å². The molecule has 8 nitrogen and oxygen atoms in total. The van der Waals surface area contributed by atoms with Crippen LogP contribution in [-0.2, 0) is 14.3 Å². The van der Waals surface area contributed by atoms with E-state index in [1.165, 1.54) is 16.8 Å². The zero-order valence-electron chi connectivity index (χ0n) is 18.7. The van der Waals surface area contributed by atoms with Crippen LogP contribution in [0.3, 0.4) is 0 Å². The number of nitrogens with one attached hydrogen (secondary N) is 1. The number of esters is 1. The predicted molar refractivity (Wildman–Crippen MR) is 122 cm³/mol. The van der Waals surface area contributed by atoms with E-state index >= 15 is 0 Å². The van der Waals surface area contributed by atoms with Crippen molar-refractivity contribution < 1.29 is 23.8 Å². The predicted octanol–water partition coefficient (Wildman–Crippen LogP) is 2.65. The van der Waals surface area contributed by atoms with E-state index in [2.05, 4.69) is 4.98 Å². The second-order valence-electron chi connectivity index (χ2n) is 8.37. The number of halogens is 1. The van der Waals surface area contributed by atoms with Gasteiger partial charge in [0.15, 0.2) is 0 Å². The topological polar surface area (TPSA) is 111 Å². The van der Waals surface area contributed by atoms with Gasteiger partial charge in [0.25, 0.3) is 5.56 Å². The largest absolute Gasteiger partial charge is 0.462 e. The van der Waals surface area contributed by atoms with Crippen LogP contribution >= 0.6 is 0 Å². The SMILES string of the molecule is Cc1cn([C@H]2C[C@H](O)[C@@H](COC(=O)[C@H](C)c3ccc(-c4ccccc4)c(F)c3)O2)c(=O)[nH]c1=O. The van der Waals surface area contributed by atoms with E-state index in [-0.39, 0.29) is 13.0 Å². The smallest absolute Gasteiger partial charge is 0.330 e. The number of aromatic nitrogens is 2. The van der Waals surface area contributed by atoms with Gasteiger partial charge in [-0.3, -0.25) is 19.1 Å². The summed E-state index contributed by atoms with van der Waals surface area (Å²) in [6, 6.07) is 13.7. The summed E-state index contributed by atoms with van der Waals surface area (Å²) in [5.74, 6) is -1.77. The van der Waals surface area contributed by atoms with Crippen molar-refractivity contribution in [3.05, 3.63) is 92.5 Å². The van der Waals surface area contributed by atoms with Crippen molar-refractivity contribution in [2.45, 2.75) is 44.6 Å². The van der Waals surface area contributed by atoms with Gasteiger partial charge in [-0.1, -0.05) is 42.5 Å². The normalized spacial score (nSPS) is 20.8. The molecule has 0 unspecified atom stereocenters. The molecule has 2 aromatic carbocycles. The molecule has 0 saturated carbocycles. The Morgan fingerprint density at radius 2 is 2.00 bits per heavy atom.